The van der Waals surface area contributed by atoms with Crippen molar-refractivity contribution in [2.24, 2.45) is 5.41 Å². The first-order chi connectivity index (χ1) is 7.58. The predicted molar refractivity (Wildman–Crippen MR) is 61.9 cm³/mol. The number of nitrogens with zero attached hydrogens (tertiary/aromatic N) is 2. The Bertz CT molecular complexity index is 346. The SMILES string of the molecule is Cc1nnc(CNC2CCCCC2(C)C)o1. The van der Waals surface area contributed by atoms with Gasteiger partial charge in [-0.1, -0.05) is 26.7 Å². The lowest BCUT2D eigenvalue weighted by molar-refractivity contribution is 0.163. The van der Waals surface area contributed by atoms with Gasteiger partial charge in [0.2, 0.25) is 11.8 Å². The van der Waals surface area contributed by atoms with Gasteiger partial charge >= 0.3 is 0 Å². The van der Waals surface area contributed by atoms with E-state index in [1.54, 1.807) is 0 Å². The van der Waals surface area contributed by atoms with Crippen LogP contribution in [-0.4, -0.2) is 16.2 Å². The van der Waals surface area contributed by atoms with Crippen molar-refractivity contribution >= 4 is 0 Å². The number of hydrogen-bond donors (Lipinski definition) is 1. The van der Waals surface area contributed by atoms with Crippen molar-refractivity contribution in [3.63, 3.8) is 0 Å². The van der Waals surface area contributed by atoms with Crippen molar-refractivity contribution < 1.29 is 4.42 Å². The first kappa shape index (κ1) is 11.6. The van der Waals surface area contributed by atoms with E-state index in [0.29, 0.717) is 29.8 Å². The minimum Gasteiger partial charge on any atom is -0.424 e. The minimum absolute atomic E-state index is 0.382. The van der Waals surface area contributed by atoms with Crippen LogP contribution in [0.3, 0.4) is 0 Å². The van der Waals surface area contributed by atoms with Gasteiger partial charge in [0.25, 0.3) is 0 Å². The maximum atomic E-state index is 5.36. The zero-order chi connectivity index (χ0) is 11.6. The summed E-state index contributed by atoms with van der Waals surface area (Å²) in [4.78, 5) is 0. The van der Waals surface area contributed by atoms with Crippen molar-refractivity contribution in [3.8, 4) is 0 Å². The van der Waals surface area contributed by atoms with Crippen molar-refractivity contribution in [2.45, 2.75) is 59.0 Å². The molecule has 0 radical (unpaired) electrons. The van der Waals surface area contributed by atoms with Gasteiger partial charge in [-0.25, -0.2) is 0 Å². The molecular weight excluding hydrogens is 202 g/mol. The van der Waals surface area contributed by atoms with Crippen LogP contribution in [0.15, 0.2) is 4.42 Å². The Morgan fingerprint density at radius 1 is 1.38 bits per heavy atom. The molecule has 1 aromatic heterocycles. The standard InChI is InChI=1S/C12H21N3O/c1-9-14-15-11(16-9)8-13-10-6-4-5-7-12(10,2)3/h10,13H,4-8H2,1-3H3. The summed E-state index contributed by atoms with van der Waals surface area (Å²) in [7, 11) is 0. The van der Waals surface area contributed by atoms with Crippen LogP contribution in [0, 0.1) is 12.3 Å². The van der Waals surface area contributed by atoms with Crippen molar-refractivity contribution in [1.82, 2.24) is 15.5 Å². The number of aryl methyl sites for hydroxylation is 1. The zero-order valence-corrected chi connectivity index (χ0v) is 10.4. The Hall–Kier alpha value is -0.900. The molecule has 1 aromatic rings. The van der Waals surface area contributed by atoms with Gasteiger partial charge in [-0.15, -0.1) is 10.2 Å². The normalized spacial score (nSPS) is 24.6. The van der Waals surface area contributed by atoms with E-state index in [0.717, 1.165) is 0 Å². The summed E-state index contributed by atoms with van der Waals surface area (Å²) in [6.45, 7) is 7.18. The van der Waals surface area contributed by atoms with Crippen LogP contribution in [0.1, 0.15) is 51.3 Å². The van der Waals surface area contributed by atoms with E-state index in [1.807, 2.05) is 6.92 Å². The summed E-state index contributed by atoms with van der Waals surface area (Å²) in [5, 5.41) is 11.4. The minimum atomic E-state index is 0.382. The van der Waals surface area contributed by atoms with E-state index in [2.05, 4.69) is 29.4 Å². The van der Waals surface area contributed by atoms with Crippen molar-refractivity contribution in [1.29, 1.82) is 0 Å². The van der Waals surface area contributed by atoms with Crippen LogP contribution in [0.2, 0.25) is 0 Å². The van der Waals surface area contributed by atoms with E-state index in [1.165, 1.54) is 25.7 Å². The Morgan fingerprint density at radius 3 is 2.81 bits per heavy atom. The molecule has 1 heterocycles. The summed E-state index contributed by atoms with van der Waals surface area (Å²) in [5.74, 6) is 1.33. The molecule has 1 fully saturated rings. The third kappa shape index (κ3) is 2.61. The molecule has 0 amide bonds. The molecular formula is C12H21N3O. The van der Waals surface area contributed by atoms with Gasteiger partial charge in [-0.2, -0.15) is 0 Å². The molecule has 16 heavy (non-hydrogen) atoms. The molecule has 0 aliphatic heterocycles. The quantitative estimate of drug-likeness (QED) is 0.855. The number of hydrogen-bond acceptors (Lipinski definition) is 4. The number of rotatable bonds is 3. The molecule has 1 N–H and O–H groups in total. The molecule has 4 nitrogen and oxygen atoms in total. The molecule has 1 aliphatic rings. The highest BCUT2D eigenvalue weighted by molar-refractivity contribution is 4.89. The van der Waals surface area contributed by atoms with Gasteiger partial charge in [0.1, 0.15) is 0 Å². The maximum absolute atomic E-state index is 5.36. The van der Waals surface area contributed by atoms with Gasteiger partial charge in [-0.3, -0.25) is 0 Å². The van der Waals surface area contributed by atoms with Crippen LogP contribution in [0.4, 0.5) is 0 Å². The molecule has 0 spiro atoms. The lowest BCUT2D eigenvalue weighted by Crippen LogP contribution is -2.43. The van der Waals surface area contributed by atoms with Gasteiger partial charge < -0.3 is 9.73 Å². The van der Waals surface area contributed by atoms with Gasteiger partial charge in [0.15, 0.2) is 0 Å². The van der Waals surface area contributed by atoms with Gasteiger partial charge in [0.05, 0.1) is 6.54 Å². The molecule has 1 unspecified atom stereocenters. The van der Waals surface area contributed by atoms with E-state index in [9.17, 15) is 0 Å². The fourth-order valence-electron chi connectivity index (χ4n) is 2.49. The Morgan fingerprint density at radius 2 is 2.19 bits per heavy atom. The fourth-order valence-corrected chi connectivity index (χ4v) is 2.49. The highest BCUT2D eigenvalue weighted by atomic mass is 16.4. The first-order valence-electron chi connectivity index (χ1n) is 6.10. The van der Waals surface area contributed by atoms with Crippen LogP contribution in [0.25, 0.3) is 0 Å². The maximum Gasteiger partial charge on any atom is 0.230 e. The summed E-state index contributed by atoms with van der Waals surface area (Å²) in [6.07, 6.45) is 5.22. The summed E-state index contributed by atoms with van der Waals surface area (Å²) >= 11 is 0. The largest absolute Gasteiger partial charge is 0.424 e. The topological polar surface area (TPSA) is 51.0 Å². The average Bonchev–Trinajstić information content (AvgIpc) is 2.62. The molecule has 90 valence electrons. The van der Waals surface area contributed by atoms with E-state index in [4.69, 9.17) is 4.42 Å². The van der Waals surface area contributed by atoms with Crippen LogP contribution >= 0.6 is 0 Å². The van der Waals surface area contributed by atoms with Crippen LogP contribution in [-0.2, 0) is 6.54 Å². The smallest absolute Gasteiger partial charge is 0.230 e. The third-order valence-electron chi connectivity index (χ3n) is 3.57. The lowest BCUT2D eigenvalue weighted by atomic mass is 9.73. The van der Waals surface area contributed by atoms with Gasteiger partial charge in [-0.05, 0) is 18.3 Å². The second-order valence-electron chi connectivity index (χ2n) is 5.38. The number of aromatic nitrogens is 2. The zero-order valence-electron chi connectivity index (χ0n) is 10.4. The third-order valence-corrected chi connectivity index (χ3v) is 3.57. The molecule has 1 atom stereocenters. The Balaban J connectivity index is 1.89. The Kier molecular flexibility index (Phi) is 3.28. The fraction of sp³-hybridized carbons (Fsp3) is 0.833. The predicted octanol–water partition coefficient (Wildman–Crippen LogP) is 2.44. The molecule has 4 heteroatoms. The second-order valence-corrected chi connectivity index (χ2v) is 5.38. The average molecular weight is 223 g/mol. The summed E-state index contributed by atoms with van der Waals surface area (Å²) in [6, 6.07) is 0.563. The molecule has 0 bridgehead atoms. The summed E-state index contributed by atoms with van der Waals surface area (Å²) in [5.41, 5.74) is 0.382. The lowest BCUT2D eigenvalue weighted by Gasteiger charge is -2.39. The highest BCUT2D eigenvalue weighted by Gasteiger charge is 2.31. The van der Waals surface area contributed by atoms with Gasteiger partial charge in [0, 0.05) is 13.0 Å². The number of nitrogens with one attached hydrogen (secondary N) is 1. The second kappa shape index (κ2) is 4.53. The Labute approximate surface area is 96.8 Å². The highest BCUT2D eigenvalue weighted by Crippen LogP contribution is 2.35. The first-order valence-corrected chi connectivity index (χ1v) is 6.10. The molecule has 1 saturated carbocycles. The molecule has 0 saturated heterocycles. The van der Waals surface area contributed by atoms with E-state index in [-0.39, 0.29) is 0 Å². The summed E-state index contributed by atoms with van der Waals surface area (Å²) < 4.78 is 5.36. The monoisotopic (exact) mass is 223 g/mol. The van der Waals surface area contributed by atoms with E-state index >= 15 is 0 Å². The van der Waals surface area contributed by atoms with Crippen molar-refractivity contribution in [3.05, 3.63) is 11.8 Å². The van der Waals surface area contributed by atoms with Crippen LogP contribution < -0.4 is 5.32 Å². The molecule has 1 aliphatic carbocycles. The van der Waals surface area contributed by atoms with Crippen LogP contribution in [0.5, 0.6) is 0 Å². The molecule has 2 rings (SSSR count). The van der Waals surface area contributed by atoms with E-state index < -0.39 is 0 Å². The molecule has 0 aromatic carbocycles. The van der Waals surface area contributed by atoms with Crippen molar-refractivity contribution in [2.75, 3.05) is 0 Å².